The molecular formula is C11H17N3OS. The zero-order valence-electron chi connectivity index (χ0n) is 9.48. The molecule has 1 aliphatic rings. The number of anilines is 1. The lowest BCUT2D eigenvalue weighted by Crippen LogP contribution is -2.18. The Morgan fingerprint density at radius 2 is 2.19 bits per heavy atom. The highest BCUT2D eigenvalue weighted by Crippen LogP contribution is 2.31. The van der Waals surface area contributed by atoms with E-state index >= 15 is 0 Å². The quantitative estimate of drug-likeness (QED) is 0.816. The summed E-state index contributed by atoms with van der Waals surface area (Å²) >= 11 is 1.82. The van der Waals surface area contributed by atoms with Gasteiger partial charge in [-0.15, -0.1) is 11.8 Å². The molecule has 0 radical (unpaired) electrons. The topological polar surface area (TPSA) is 61.0 Å². The lowest BCUT2D eigenvalue weighted by atomic mass is 10.2. The van der Waals surface area contributed by atoms with Crippen LogP contribution in [0.5, 0.6) is 0 Å². The SMILES string of the molecule is CCc1c(N)ncnc1SC1CCOCC1. The molecule has 1 fully saturated rings. The molecule has 16 heavy (non-hydrogen) atoms. The molecule has 0 saturated carbocycles. The molecule has 0 unspecified atom stereocenters. The lowest BCUT2D eigenvalue weighted by Gasteiger charge is -2.21. The van der Waals surface area contributed by atoms with E-state index in [9.17, 15) is 0 Å². The molecule has 0 aliphatic carbocycles. The number of aromatic nitrogens is 2. The van der Waals surface area contributed by atoms with E-state index in [0.717, 1.165) is 43.1 Å². The van der Waals surface area contributed by atoms with E-state index in [0.29, 0.717) is 11.1 Å². The van der Waals surface area contributed by atoms with Crippen LogP contribution in [0.4, 0.5) is 5.82 Å². The van der Waals surface area contributed by atoms with E-state index < -0.39 is 0 Å². The van der Waals surface area contributed by atoms with Gasteiger partial charge in [0.2, 0.25) is 0 Å². The summed E-state index contributed by atoms with van der Waals surface area (Å²) in [7, 11) is 0. The van der Waals surface area contributed by atoms with Crippen LogP contribution in [0.3, 0.4) is 0 Å². The third-order valence-electron chi connectivity index (χ3n) is 2.74. The van der Waals surface area contributed by atoms with E-state index in [1.165, 1.54) is 0 Å². The molecule has 5 heteroatoms. The van der Waals surface area contributed by atoms with Crippen LogP contribution in [0.2, 0.25) is 0 Å². The second-order valence-electron chi connectivity index (χ2n) is 3.83. The van der Waals surface area contributed by atoms with Crippen molar-refractivity contribution in [1.82, 2.24) is 9.97 Å². The molecule has 1 saturated heterocycles. The van der Waals surface area contributed by atoms with Crippen molar-refractivity contribution in [2.24, 2.45) is 0 Å². The standard InChI is InChI=1S/C11H17N3OS/c1-2-9-10(12)13-7-14-11(9)16-8-3-5-15-6-4-8/h7-8H,2-6H2,1H3,(H2,12,13,14). The summed E-state index contributed by atoms with van der Waals surface area (Å²) in [5.74, 6) is 0.618. The first kappa shape index (κ1) is 11.7. The van der Waals surface area contributed by atoms with Gasteiger partial charge < -0.3 is 10.5 Å². The van der Waals surface area contributed by atoms with Crippen LogP contribution in [0.15, 0.2) is 11.4 Å². The van der Waals surface area contributed by atoms with Gasteiger partial charge in [0.15, 0.2) is 0 Å². The molecule has 0 bridgehead atoms. The van der Waals surface area contributed by atoms with Crippen molar-refractivity contribution < 1.29 is 4.74 Å². The lowest BCUT2D eigenvalue weighted by molar-refractivity contribution is 0.1000. The van der Waals surface area contributed by atoms with Crippen molar-refractivity contribution in [2.45, 2.75) is 36.5 Å². The average molecular weight is 239 g/mol. The van der Waals surface area contributed by atoms with Crippen molar-refractivity contribution in [3.05, 3.63) is 11.9 Å². The van der Waals surface area contributed by atoms with Gasteiger partial charge in [-0.3, -0.25) is 0 Å². The fourth-order valence-corrected chi connectivity index (χ4v) is 3.04. The van der Waals surface area contributed by atoms with Crippen LogP contribution < -0.4 is 5.73 Å². The first-order valence-corrected chi connectivity index (χ1v) is 6.53. The third-order valence-corrected chi connectivity index (χ3v) is 4.12. The number of ether oxygens (including phenoxy) is 1. The largest absolute Gasteiger partial charge is 0.383 e. The van der Waals surface area contributed by atoms with Crippen molar-refractivity contribution in [2.75, 3.05) is 18.9 Å². The van der Waals surface area contributed by atoms with Gasteiger partial charge in [-0.1, -0.05) is 6.92 Å². The molecule has 88 valence electrons. The number of rotatable bonds is 3. The minimum absolute atomic E-state index is 0.605. The molecule has 2 N–H and O–H groups in total. The third kappa shape index (κ3) is 2.65. The number of hydrogen-bond acceptors (Lipinski definition) is 5. The minimum Gasteiger partial charge on any atom is -0.383 e. The molecule has 0 amide bonds. The molecular weight excluding hydrogens is 222 g/mol. The maximum Gasteiger partial charge on any atom is 0.131 e. The molecule has 4 nitrogen and oxygen atoms in total. The summed E-state index contributed by atoms with van der Waals surface area (Å²) in [5.41, 5.74) is 6.93. The van der Waals surface area contributed by atoms with Gasteiger partial charge in [0.25, 0.3) is 0 Å². The summed E-state index contributed by atoms with van der Waals surface area (Å²) in [5, 5.41) is 1.65. The Bertz CT molecular complexity index is 353. The Morgan fingerprint density at radius 3 is 2.88 bits per heavy atom. The van der Waals surface area contributed by atoms with E-state index in [-0.39, 0.29) is 0 Å². The Balaban J connectivity index is 2.10. The molecule has 2 rings (SSSR count). The first-order valence-electron chi connectivity index (χ1n) is 5.65. The van der Waals surface area contributed by atoms with Crippen LogP contribution in [0.1, 0.15) is 25.3 Å². The van der Waals surface area contributed by atoms with Crippen LogP contribution in [0, 0.1) is 0 Å². The maximum absolute atomic E-state index is 5.85. The number of nitrogen functional groups attached to an aromatic ring is 1. The van der Waals surface area contributed by atoms with Gasteiger partial charge >= 0.3 is 0 Å². The van der Waals surface area contributed by atoms with Crippen LogP contribution in [-0.2, 0) is 11.2 Å². The zero-order valence-corrected chi connectivity index (χ0v) is 10.3. The Hall–Kier alpha value is -0.810. The number of nitrogens with zero attached hydrogens (tertiary/aromatic N) is 2. The normalized spacial score (nSPS) is 17.6. The predicted molar refractivity (Wildman–Crippen MR) is 65.5 cm³/mol. The minimum atomic E-state index is 0.605. The van der Waals surface area contributed by atoms with Crippen LogP contribution in [0.25, 0.3) is 0 Å². The molecule has 0 aromatic carbocycles. The van der Waals surface area contributed by atoms with Crippen molar-refractivity contribution >= 4 is 17.6 Å². The van der Waals surface area contributed by atoms with Crippen molar-refractivity contribution in [1.29, 1.82) is 0 Å². The molecule has 0 atom stereocenters. The van der Waals surface area contributed by atoms with E-state index in [1.807, 2.05) is 11.8 Å². The Kier molecular flexibility index (Phi) is 4.01. The highest BCUT2D eigenvalue weighted by atomic mass is 32.2. The molecule has 2 heterocycles. The highest BCUT2D eigenvalue weighted by Gasteiger charge is 2.18. The van der Waals surface area contributed by atoms with Gasteiger partial charge in [-0.05, 0) is 19.3 Å². The van der Waals surface area contributed by atoms with Crippen LogP contribution >= 0.6 is 11.8 Å². The van der Waals surface area contributed by atoms with Crippen molar-refractivity contribution in [3.63, 3.8) is 0 Å². The first-order chi connectivity index (χ1) is 7.81. The number of hydrogen-bond donors (Lipinski definition) is 1. The molecule has 1 aromatic heterocycles. The van der Waals surface area contributed by atoms with Gasteiger partial charge in [0.05, 0.1) is 0 Å². The maximum atomic E-state index is 5.85. The second kappa shape index (κ2) is 5.50. The van der Waals surface area contributed by atoms with Crippen molar-refractivity contribution in [3.8, 4) is 0 Å². The Labute approximate surface area is 100.0 Å². The number of thioether (sulfide) groups is 1. The zero-order chi connectivity index (χ0) is 11.4. The summed E-state index contributed by atoms with van der Waals surface area (Å²) < 4.78 is 5.35. The fraction of sp³-hybridized carbons (Fsp3) is 0.636. The van der Waals surface area contributed by atoms with Gasteiger partial charge in [0, 0.05) is 24.0 Å². The summed E-state index contributed by atoms with van der Waals surface area (Å²) in [6.45, 7) is 3.81. The van der Waals surface area contributed by atoms with E-state index in [4.69, 9.17) is 10.5 Å². The van der Waals surface area contributed by atoms with E-state index in [2.05, 4.69) is 16.9 Å². The Morgan fingerprint density at radius 1 is 1.44 bits per heavy atom. The molecule has 0 spiro atoms. The highest BCUT2D eigenvalue weighted by molar-refractivity contribution is 7.99. The summed E-state index contributed by atoms with van der Waals surface area (Å²) in [4.78, 5) is 8.37. The molecule has 1 aromatic rings. The van der Waals surface area contributed by atoms with Crippen LogP contribution in [-0.4, -0.2) is 28.4 Å². The second-order valence-corrected chi connectivity index (χ2v) is 5.11. The van der Waals surface area contributed by atoms with E-state index in [1.54, 1.807) is 6.33 Å². The average Bonchev–Trinajstić information content (AvgIpc) is 2.31. The molecule has 1 aliphatic heterocycles. The monoisotopic (exact) mass is 239 g/mol. The van der Waals surface area contributed by atoms with Gasteiger partial charge in [-0.25, -0.2) is 9.97 Å². The fourth-order valence-electron chi connectivity index (χ4n) is 1.79. The smallest absolute Gasteiger partial charge is 0.131 e. The predicted octanol–water partition coefficient (Wildman–Crippen LogP) is 1.89. The number of nitrogens with two attached hydrogens (primary N) is 1. The summed E-state index contributed by atoms with van der Waals surface area (Å²) in [6.07, 6.45) is 4.63. The van der Waals surface area contributed by atoms with Gasteiger partial charge in [-0.2, -0.15) is 0 Å². The summed E-state index contributed by atoms with van der Waals surface area (Å²) in [6, 6.07) is 0. The van der Waals surface area contributed by atoms with Gasteiger partial charge in [0.1, 0.15) is 17.2 Å².